The zero-order valence-electron chi connectivity index (χ0n) is 8.46. The van der Waals surface area contributed by atoms with E-state index in [0.717, 1.165) is 10.7 Å². The maximum atomic E-state index is 10.8. The highest BCUT2D eigenvalue weighted by molar-refractivity contribution is 6.33. The number of para-hydroxylation sites is 1. The van der Waals surface area contributed by atoms with Crippen molar-refractivity contribution in [3.63, 3.8) is 0 Å². The van der Waals surface area contributed by atoms with E-state index in [1.54, 1.807) is 6.92 Å². The summed E-state index contributed by atoms with van der Waals surface area (Å²) in [5.41, 5.74) is 0.968. The molecule has 0 bridgehead atoms. The van der Waals surface area contributed by atoms with Gasteiger partial charge >= 0.3 is 0 Å². The Morgan fingerprint density at radius 2 is 2.07 bits per heavy atom. The lowest BCUT2D eigenvalue weighted by Gasteiger charge is -2.19. The van der Waals surface area contributed by atoms with Crippen molar-refractivity contribution in [2.24, 2.45) is 0 Å². The third-order valence-electron chi connectivity index (χ3n) is 2.06. The van der Waals surface area contributed by atoms with Crippen molar-refractivity contribution in [2.75, 3.05) is 18.5 Å². The highest BCUT2D eigenvalue weighted by Gasteiger charge is 2.05. The summed E-state index contributed by atoms with van der Waals surface area (Å²) in [6.07, 6.45) is 0.557. The van der Waals surface area contributed by atoms with Crippen molar-refractivity contribution in [3.05, 3.63) is 29.3 Å². The van der Waals surface area contributed by atoms with Gasteiger partial charge in [-0.2, -0.15) is 0 Å². The molecule has 3 heteroatoms. The molecule has 14 heavy (non-hydrogen) atoms. The van der Waals surface area contributed by atoms with E-state index in [4.69, 9.17) is 11.6 Å². The molecule has 0 aromatic heterocycles. The summed E-state index contributed by atoms with van der Waals surface area (Å²) >= 11 is 6.01. The number of anilines is 1. The summed E-state index contributed by atoms with van der Waals surface area (Å²) in [6.45, 7) is 2.31. The third-order valence-corrected chi connectivity index (χ3v) is 2.38. The average molecular weight is 212 g/mol. The molecule has 0 fully saturated rings. The van der Waals surface area contributed by atoms with Gasteiger partial charge in [-0.25, -0.2) is 0 Å². The van der Waals surface area contributed by atoms with Crippen LogP contribution in [-0.2, 0) is 4.79 Å². The second-order valence-electron chi connectivity index (χ2n) is 3.32. The zero-order valence-corrected chi connectivity index (χ0v) is 9.21. The number of hydrogen-bond donors (Lipinski definition) is 0. The van der Waals surface area contributed by atoms with Crippen molar-refractivity contribution >= 4 is 23.1 Å². The second-order valence-corrected chi connectivity index (χ2v) is 3.73. The molecule has 0 heterocycles. The smallest absolute Gasteiger partial charge is 0.131 e. The van der Waals surface area contributed by atoms with Gasteiger partial charge in [-0.1, -0.05) is 23.7 Å². The lowest BCUT2D eigenvalue weighted by molar-refractivity contribution is -0.116. The molecular formula is C11H14ClNO. The molecule has 0 radical (unpaired) electrons. The van der Waals surface area contributed by atoms with Crippen LogP contribution in [0.3, 0.4) is 0 Å². The number of carbonyl (C=O) groups excluding carboxylic acids is 1. The Morgan fingerprint density at radius 1 is 1.43 bits per heavy atom. The Labute approximate surface area is 89.5 Å². The third kappa shape index (κ3) is 3.04. The molecule has 1 aromatic carbocycles. The first kappa shape index (κ1) is 11.1. The lowest BCUT2D eigenvalue weighted by atomic mass is 10.2. The minimum Gasteiger partial charge on any atom is -0.373 e. The predicted octanol–water partition coefficient (Wildman–Crippen LogP) is 2.76. The van der Waals surface area contributed by atoms with Crippen LogP contribution in [0, 0.1) is 0 Å². The fraction of sp³-hybridized carbons (Fsp3) is 0.364. The molecule has 0 atom stereocenters. The first-order valence-corrected chi connectivity index (χ1v) is 4.94. The fourth-order valence-corrected chi connectivity index (χ4v) is 1.49. The number of benzene rings is 1. The molecule has 0 spiro atoms. The van der Waals surface area contributed by atoms with Crippen molar-refractivity contribution < 1.29 is 4.79 Å². The van der Waals surface area contributed by atoms with E-state index in [9.17, 15) is 4.79 Å². The summed E-state index contributed by atoms with van der Waals surface area (Å²) in [7, 11) is 1.93. The molecule has 0 aliphatic carbocycles. The van der Waals surface area contributed by atoms with Gasteiger partial charge in [0.25, 0.3) is 0 Å². The van der Waals surface area contributed by atoms with Crippen LogP contribution in [0.25, 0.3) is 0 Å². The van der Waals surface area contributed by atoms with Crippen LogP contribution in [0.2, 0.25) is 5.02 Å². The van der Waals surface area contributed by atoms with Crippen molar-refractivity contribution in [3.8, 4) is 0 Å². The molecule has 0 N–H and O–H groups in total. The molecule has 0 aliphatic heterocycles. The number of carbonyl (C=O) groups is 1. The number of halogens is 1. The average Bonchev–Trinajstić information content (AvgIpc) is 2.15. The summed E-state index contributed by atoms with van der Waals surface area (Å²) in [5.74, 6) is 0.198. The van der Waals surface area contributed by atoms with Crippen molar-refractivity contribution in [2.45, 2.75) is 13.3 Å². The minimum absolute atomic E-state index is 0.198. The van der Waals surface area contributed by atoms with Gasteiger partial charge < -0.3 is 4.90 Å². The van der Waals surface area contributed by atoms with Gasteiger partial charge in [0.1, 0.15) is 5.78 Å². The molecule has 1 aromatic rings. The van der Waals surface area contributed by atoms with E-state index in [1.807, 2.05) is 36.2 Å². The molecule has 0 aliphatic rings. The lowest BCUT2D eigenvalue weighted by Crippen LogP contribution is -2.20. The quantitative estimate of drug-likeness (QED) is 0.764. The van der Waals surface area contributed by atoms with Gasteiger partial charge in [0, 0.05) is 20.0 Å². The van der Waals surface area contributed by atoms with E-state index in [-0.39, 0.29) is 5.78 Å². The van der Waals surface area contributed by atoms with Crippen LogP contribution in [0.1, 0.15) is 13.3 Å². The molecule has 76 valence electrons. The molecule has 0 amide bonds. The topological polar surface area (TPSA) is 20.3 Å². The van der Waals surface area contributed by atoms with Crippen molar-refractivity contribution in [1.29, 1.82) is 0 Å². The Hall–Kier alpha value is -1.02. The first-order valence-electron chi connectivity index (χ1n) is 4.56. The molecule has 0 saturated heterocycles. The van der Waals surface area contributed by atoms with Gasteiger partial charge in [-0.05, 0) is 19.1 Å². The van der Waals surface area contributed by atoms with Gasteiger partial charge in [-0.15, -0.1) is 0 Å². The number of Topliss-reactive ketones (excluding diaryl/α,β-unsaturated/α-hetero) is 1. The monoisotopic (exact) mass is 211 g/mol. The maximum Gasteiger partial charge on any atom is 0.131 e. The van der Waals surface area contributed by atoms with E-state index in [1.165, 1.54) is 0 Å². The number of nitrogens with zero attached hydrogens (tertiary/aromatic N) is 1. The summed E-state index contributed by atoms with van der Waals surface area (Å²) in [4.78, 5) is 12.8. The number of rotatable bonds is 4. The molecule has 0 unspecified atom stereocenters. The summed E-state index contributed by atoms with van der Waals surface area (Å²) in [5, 5.41) is 0.721. The fourth-order valence-electron chi connectivity index (χ4n) is 1.21. The minimum atomic E-state index is 0.198. The summed E-state index contributed by atoms with van der Waals surface area (Å²) in [6, 6.07) is 7.62. The van der Waals surface area contributed by atoms with Gasteiger partial charge in [0.15, 0.2) is 0 Å². The zero-order chi connectivity index (χ0) is 10.6. The normalized spacial score (nSPS) is 9.93. The van der Waals surface area contributed by atoms with Crippen molar-refractivity contribution in [1.82, 2.24) is 0 Å². The van der Waals surface area contributed by atoms with Crippen LogP contribution in [0.4, 0.5) is 5.69 Å². The number of ketones is 1. The SMILES string of the molecule is CC(=O)CCN(C)c1ccccc1Cl. The van der Waals surface area contributed by atoms with E-state index < -0.39 is 0 Å². The Morgan fingerprint density at radius 3 is 2.64 bits per heavy atom. The van der Waals surface area contributed by atoms with Crippen LogP contribution in [0.5, 0.6) is 0 Å². The molecule has 1 rings (SSSR count). The molecule has 2 nitrogen and oxygen atoms in total. The Bertz CT molecular complexity index is 325. The first-order chi connectivity index (χ1) is 6.61. The van der Waals surface area contributed by atoms with Crippen LogP contribution in [-0.4, -0.2) is 19.4 Å². The maximum absolute atomic E-state index is 10.8. The van der Waals surface area contributed by atoms with E-state index in [0.29, 0.717) is 13.0 Å². The Kier molecular flexibility index (Phi) is 3.96. The van der Waals surface area contributed by atoms with E-state index in [2.05, 4.69) is 0 Å². The highest BCUT2D eigenvalue weighted by atomic mass is 35.5. The number of hydrogen-bond acceptors (Lipinski definition) is 2. The largest absolute Gasteiger partial charge is 0.373 e. The molecular weight excluding hydrogens is 198 g/mol. The second kappa shape index (κ2) is 5.01. The Balaban J connectivity index is 2.65. The van der Waals surface area contributed by atoms with Crippen LogP contribution in [0.15, 0.2) is 24.3 Å². The van der Waals surface area contributed by atoms with Gasteiger partial charge in [0.2, 0.25) is 0 Å². The van der Waals surface area contributed by atoms with Gasteiger partial charge in [0.05, 0.1) is 10.7 Å². The predicted molar refractivity (Wildman–Crippen MR) is 60.0 cm³/mol. The summed E-state index contributed by atoms with van der Waals surface area (Å²) < 4.78 is 0. The highest BCUT2D eigenvalue weighted by Crippen LogP contribution is 2.23. The van der Waals surface area contributed by atoms with Gasteiger partial charge in [-0.3, -0.25) is 4.79 Å². The standard InChI is InChI=1S/C11H14ClNO/c1-9(14)7-8-13(2)11-6-4-3-5-10(11)12/h3-6H,7-8H2,1-2H3. The van der Waals surface area contributed by atoms with Crippen LogP contribution < -0.4 is 4.90 Å². The molecule has 0 saturated carbocycles. The van der Waals surface area contributed by atoms with E-state index >= 15 is 0 Å². The van der Waals surface area contributed by atoms with Crippen LogP contribution >= 0.6 is 11.6 Å².